The van der Waals surface area contributed by atoms with Crippen LogP contribution in [0.25, 0.3) is 0 Å². The van der Waals surface area contributed by atoms with Crippen LogP contribution in [-0.2, 0) is 6.18 Å². The van der Waals surface area contributed by atoms with Crippen molar-refractivity contribution < 1.29 is 13.2 Å². The van der Waals surface area contributed by atoms with Crippen molar-refractivity contribution in [1.82, 2.24) is 10.2 Å². The van der Waals surface area contributed by atoms with Crippen molar-refractivity contribution in [2.24, 2.45) is 0 Å². The van der Waals surface area contributed by atoms with Crippen molar-refractivity contribution in [3.63, 3.8) is 0 Å². The van der Waals surface area contributed by atoms with E-state index in [0.29, 0.717) is 0 Å². The van der Waals surface area contributed by atoms with Crippen LogP contribution in [0.1, 0.15) is 37.9 Å². The molecule has 0 amide bonds. The van der Waals surface area contributed by atoms with Gasteiger partial charge in [-0.25, -0.2) is 0 Å². The lowest BCUT2D eigenvalue weighted by Gasteiger charge is -2.34. The maximum Gasteiger partial charge on any atom is 0.416 e. The summed E-state index contributed by atoms with van der Waals surface area (Å²) in [6.07, 6.45) is -4.28. The van der Waals surface area contributed by atoms with E-state index in [1.807, 2.05) is 21.0 Å². The van der Waals surface area contributed by atoms with E-state index in [4.69, 9.17) is 0 Å². The van der Waals surface area contributed by atoms with E-state index >= 15 is 0 Å². The Morgan fingerprint density at radius 3 is 2.00 bits per heavy atom. The molecule has 0 saturated carbocycles. The number of alkyl halides is 3. The average Bonchev–Trinajstić information content (AvgIpc) is 2.35. The number of benzene rings is 1. The average molecular weight is 288 g/mol. The van der Waals surface area contributed by atoms with Crippen LogP contribution in [0.4, 0.5) is 13.2 Å². The van der Waals surface area contributed by atoms with Gasteiger partial charge in [0.15, 0.2) is 0 Å². The summed E-state index contributed by atoms with van der Waals surface area (Å²) < 4.78 is 37.5. The highest BCUT2D eigenvalue weighted by atomic mass is 19.4. The number of likely N-dealkylation sites (N-methyl/N-ethyl adjacent to an activating group) is 1. The smallest absolute Gasteiger partial charge is 0.308 e. The topological polar surface area (TPSA) is 15.3 Å². The highest BCUT2D eigenvalue weighted by Crippen LogP contribution is 2.29. The van der Waals surface area contributed by atoms with Gasteiger partial charge in [0, 0.05) is 18.1 Å². The standard InChI is InChI=1S/C15H23F3N2/c1-11(19-10-14(2,3)20(4)5)12-6-8-13(9-7-12)15(16,17)18/h6-9,11,19H,10H2,1-5H3. The van der Waals surface area contributed by atoms with Crippen molar-refractivity contribution in [3.8, 4) is 0 Å². The summed E-state index contributed by atoms with van der Waals surface area (Å²) in [4.78, 5) is 2.11. The summed E-state index contributed by atoms with van der Waals surface area (Å²) >= 11 is 0. The zero-order chi connectivity index (χ0) is 15.6. The van der Waals surface area contributed by atoms with Gasteiger partial charge in [0.05, 0.1) is 5.56 Å². The third kappa shape index (κ3) is 4.49. The van der Waals surface area contributed by atoms with Crippen molar-refractivity contribution >= 4 is 0 Å². The summed E-state index contributed by atoms with van der Waals surface area (Å²) in [6, 6.07) is 5.33. The second-order valence-electron chi connectivity index (χ2n) is 5.93. The minimum Gasteiger partial charge on any atom is -0.308 e. The highest BCUT2D eigenvalue weighted by molar-refractivity contribution is 5.26. The first-order valence-electron chi connectivity index (χ1n) is 6.62. The number of rotatable bonds is 5. The first-order valence-corrected chi connectivity index (χ1v) is 6.62. The van der Waals surface area contributed by atoms with Crippen LogP contribution in [0.15, 0.2) is 24.3 Å². The lowest BCUT2D eigenvalue weighted by atomic mass is 10.0. The summed E-state index contributed by atoms with van der Waals surface area (Å²) in [6.45, 7) is 6.93. The number of nitrogens with zero attached hydrogens (tertiary/aromatic N) is 1. The van der Waals surface area contributed by atoms with Gasteiger partial charge in [0.25, 0.3) is 0 Å². The van der Waals surface area contributed by atoms with Gasteiger partial charge in [-0.1, -0.05) is 12.1 Å². The van der Waals surface area contributed by atoms with E-state index < -0.39 is 11.7 Å². The fourth-order valence-corrected chi connectivity index (χ4v) is 1.64. The Balaban J connectivity index is 2.67. The summed E-state index contributed by atoms with van der Waals surface area (Å²) in [5.41, 5.74) is 0.231. The lowest BCUT2D eigenvalue weighted by molar-refractivity contribution is -0.137. The molecule has 1 atom stereocenters. The molecule has 1 unspecified atom stereocenters. The van der Waals surface area contributed by atoms with Gasteiger partial charge in [-0.15, -0.1) is 0 Å². The monoisotopic (exact) mass is 288 g/mol. The summed E-state index contributed by atoms with van der Waals surface area (Å²) in [5.74, 6) is 0. The van der Waals surface area contributed by atoms with Crippen LogP contribution >= 0.6 is 0 Å². The van der Waals surface area contributed by atoms with Gasteiger partial charge in [0.1, 0.15) is 0 Å². The summed E-state index contributed by atoms with van der Waals surface area (Å²) in [7, 11) is 4.01. The molecule has 1 aromatic rings. The van der Waals surface area contributed by atoms with Crippen molar-refractivity contribution in [2.75, 3.05) is 20.6 Å². The molecule has 0 radical (unpaired) electrons. The number of hydrogen-bond acceptors (Lipinski definition) is 2. The first-order chi connectivity index (χ1) is 9.04. The van der Waals surface area contributed by atoms with Gasteiger partial charge < -0.3 is 10.2 Å². The molecule has 0 saturated heterocycles. The van der Waals surface area contributed by atoms with E-state index in [9.17, 15) is 13.2 Å². The molecule has 0 spiro atoms. The molecular weight excluding hydrogens is 265 g/mol. The van der Waals surface area contributed by atoms with Crippen LogP contribution < -0.4 is 5.32 Å². The van der Waals surface area contributed by atoms with E-state index in [2.05, 4.69) is 24.1 Å². The van der Waals surface area contributed by atoms with Gasteiger partial charge in [-0.05, 0) is 52.6 Å². The predicted octanol–water partition coefficient (Wildman–Crippen LogP) is 3.70. The maximum atomic E-state index is 12.5. The Bertz CT molecular complexity index is 422. The Labute approximate surface area is 119 Å². The van der Waals surface area contributed by atoms with Crippen LogP contribution in [0, 0.1) is 0 Å². The molecule has 1 N–H and O–H groups in total. The molecule has 0 fully saturated rings. The number of halogens is 3. The van der Waals surface area contributed by atoms with Crippen molar-refractivity contribution in [3.05, 3.63) is 35.4 Å². The SMILES string of the molecule is CC(NCC(C)(C)N(C)C)c1ccc(C(F)(F)F)cc1. The Morgan fingerprint density at radius 2 is 1.60 bits per heavy atom. The molecule has 0 aliphatic heterocycles. The normalized spacial score (nSPS) is 14.7. The third-order valence-corrected chi connectivity index (χ3v) is 3.79. The molecular formula is C15H23F3N2. The molecule has 1 aromatic carbocycles. The maximum absolute atomic E-state index is 12.5. The van der Waals surface area contributed by atoms with Gasteiger partial charge in [0.2, 0.25) is 0 Å². The van der Waals surface area contributed by atoms with Gasteiger partial charge in [-0.2, -0.15) is 13.2 Å². The first kappa shape index (κ1) is 17.0. The zero-order valence-corrected chi connectivity index (χ0v) is 12.7. The van der Waals surface area contributed by atoms with Crippen LogP contribution in [-0.4, -0.2) is 31.1 Å². The molecule has 0 aromatic heterocycles. The van der Waals surface area contributed by atoms with Crippen LogP contribution in [0.2, 0.25) is 0 Å². The molecule has 0 aliphatic carbocycles. The molecule has 0 aliphatic rings. The molecule has 2 nitrogen and oxygen atoms in total. The lowest BCUT2D eigenvalue weighted by Crippen LogP contribution is -2.47. The third-order valence-electron chi connectivity index (χ3n) is 3.79. The van der Waals surface area contributed by atoms with Crippen molar-refractivity contribution in [2.45, 2.75) is 38.5 Å². The van der Waals surface area contributed by atoms with Crippen molar-refractivity contribution in [1.29, 1.82) is 0 Å². The Kier molecular flexibility index (Phi) is 5.21. The Morgan fingerprint density at radius 1 is 1.10 bits per heavy atom. The van der Waals surface area contributed by atoms with E-state index in [-0.39, 0.29) is 11.6 Å². The zero-order valence-electron chi connectivity index (χ0n) is 12.7. The predicted molar refractivity (Wildman–Crippen MR) is 75.6 cm³/mol. The minimum atomic E-state index is -4.28. The number of nitrogens with one attached hydrogen (secondary N) is 1. The fraction of sp³-hybridized carbons (Fsp3) is 0.600. The molecule has 20 heavy (non-hydrogen) atoms. The van der Waals surface area contributed by atoms with Gasteiger partial charge >= 0.3 is 6.18 Å². The highest BCUT2D eigenvalue weighted by Gasteiger charge is 2.30. The number of hydrogen-bond donors (Lipinski definition) is 1. The molecule has 1 rings (SSSR count). The summed E-state index contributed by atoms with van der Waals surface area (Å²) in [5, 5.41) is 3.36. The van der Waals surface area contributed by atoms with Gasteiger partial charge in [-0.3, -0.25) is 0 Å². The van der Waals surface area contributed by atoms with Crippen LogP contribution in [0.3, 0.4) is 0 Å². The van der Waals surface area contributed by atoms with E-state index in [1.54, 1.807) is 0 Å². The Hall–Kier alpha value is -1.07. The molecule has 114 valence electrons. The van der Waals surface area contributed by atoms with E-state index in [1.165, 1.54) is 12.1 Å². The molecule has 5 heteroatoms. The second-order valence-corrected chi connectivity index (χ2v) is 5.93. The molecule has 0 heterocycles. The second kappa shape index (κ2) is 6.14. The minimum absolute atomic E-state index is 0.0107. The van der Waals surface area contributed by atoms with Crippen LogP contribution in [0.5, 0.6) is 0 Å². The molecule has 0 bridgehead atoms. The van der Waals surface area contributed by atoms with E-state index in [0.717, 1.165) is 24.2 Å². The quantitative estimate of drug-likeness (QED) is 0.889. The fourth-order valence-electron chi connectivity index (χ4n) is 1.64. The largest absolute Gasteiger partial charge is 0.416 e.